The fraction of sp³-hybridized carbons (Fsp3) is 1.00. The zero-order chi connectivity index (χ0) is 11.5. The molecule has 0 bridgehead atoms. The summed E-state index contributed by atoms with van der Waals surface area (Å²) in [7, 11) is 10.7. The Hall–Kier alpha value is -0.0951. The van der Waals surface area contributed by atoms with Crippen molar-refractivity contribution in [3.05, 3.63) is 0 Å². The van der Waals surface area contributed by atoms with Gasteiger partial charge in [0.25, 0.3) is 0 Å². The molecule has 2 radical (unpaired) electrons. The summed E-state index contributed by atoms with van der Waals surface area (Å²) in [5.41, 5.74) is -0.496. The van der Waals surface area contributed by atoms with Crippen LogP contribution in [0.25, 0.3) is 0 Å². The maximum Gasteiger partial charge on any atom is 0.119 e. The standard InChI is InChI=1S/C10H19BO4/c1-5-10(6-12-2)8(14-4)7(13-3)9(11)15-10/h7-9H,5-6H2,1-4H3/t7-,8+,9-,10-/m0/s1. The minimum Gasteiger partial charge on any atom is -0.382 e. The molecule has 0 amide bonds. The molecule has 0 saturated carbocycles. The van der Waals surface area contributed by atoms with Gasteiger partial charge in [0.05, 0.1) is 6.61 Å². The predicted octanol–water partition coefficient (Wildman–Crippen LogP) is 0.336. The summed E-state index contributed by atoms with van der Waals surface area (Å²) in [5, 5.41) is 0. The van der Waals surface area contributed by atoms with Crippen LogP contribution in [0.3, 0.4) is 0 Å². The second-order valence-corrected chi connectivity index (χ2v) is 3.79. The molecule has 0 aromatic carbocycles. The number of methoxy groups -OCH3 is 3. The van der Waals surface area contributed by atoms with E-state index in [-0.39, 0.29) is 12.2 Å². The molecule has 0 aromatic heterocycles. The van der Waals surface area contributed by atoms with Gasteiger partial charge in [-0.3, -0.25) is 0 Å². The molecule has 5 heteroatoms. The van der Waals surface area contributed by atoms with E-state index in [2.05, 4.69) is 0 Å². The smallest absolute Gasteiger partial charge is 0.119 e. The summed E-state index contributed by atoms with van der Waals surface area (Å²) < 4.78 is 21.7. The molecule has 1 aliphatic heterocycles. The molecule has 0 N–H and O–H groups in total. The maximum absolute atomic E-state index is 5.85. The van der Waals surface area contributed by atoms with E-state index in [0.29, 0.717) is 6.61 Å². The third-order valence-corrected chi connectivity index (χ3v) is 3.02. The lowest BCUT2D eigenvalue weighted by atomic mass is 9.88. The molecule has 1 aliphatic rings. The fourth-order valence-corrected chi connectivity index (χ4v) is 2.23. The van der Waals surface area contributed by atoms with Crippen molar-refractivity contribution in [2.75, 3.05) is 27.9 Å². The monoisotopic (exact) mass is 214 g/mol. The van der Waals surface area contributed by atoms with E-state index in [1.54, 1.807) is 21.3 Å². The quantitative estimate of drug-likeness (QED) is 0.618. The van der Waals surface area contributed by atoms with Gasteiger partial charge in [0.1, 0.15) is 25.7 Å². The van der Waals surface area contributed by atoms with E-state index < -0.39 is 11.6 Å². The molecule has 1 heterocycles. The highest BCUT2D eigenvalue weighted by molar-refractivity contribution is 6.11. The maximum atomic E-state index is 5.85. The van der Waals surface area contributed by atoms with E-state index in [9.17, 15) is 0 Å². The van der Waals surface area contributed by atoms with Crippen LogP contribution in [0.5, 0.6) is 0 Å². The van der Waals surface area contributed by atoms with Crippen molar-refractivity contribution < 1.29 is 18.9 Å². The van der Waals surface area contributed by atoms with E-state index in [1.807, 2.05) is 6.92 Å². The summed E-state index contributed by atoms with van der Waals surface area (Å²) in [6, 6.07) is -0.463. The Kier molecular flexibility index (Phi) is 4.58. The SMILES string of the molecule is [B][C@H]1O[C@@](CC)(COC)[C@H](OC)[C@@H]1OC. The average Bonchev–Trinajstić information content (AvgIpc) is 2.51. The van der Waals surface area contributed by atoms with Crippen molar-refractivity contribution in [3.8, 4) is 0 Å². The van der Waals surface area contributed by atoms with Gasteiger partial charge in [0.15, 0.2) is 0 Å². The van der Waals surface area contributed by atoms with Gasteiger partial charge in [-0.2, -0.15) is 0 Å². The Balaban J connectivity index is 2.87. The average molecular weight is 214 g/mol. The Morgan fingerprint density at radius 2 is 1.93 bits per heavy atom. The minimum atomic E-state index is -0.496. The number of ether oxygens (including phenoxy) is 4. The second-order valence-electron chi connectivity index (χ2n) is 3.79. The van der Waals surface area contributed by atoms with E-state index in [0.717, 1.165) is 6.42 Å². The first-order valence-corrected chi connectivity index (χ1v) is 5.13. The normalized spacial score (nSPS) is 40.9. The highest BCUT2D eigenvalue weighted by Gasteiger charge is 2.53. The molecular weight excluding hydrogens is 195 g/mol. The van der Waals surface area contributed by atoms with Gasteiger partial charge >= 0.3 is 0 Å². The molecular formula is C10H19BO4. The van der Waals surface area contributed by atoms with Gasteiger partial charge in [-0.15, -0.1) is 0 Å². The van der Waals surface area contributed by atoms with E-state index in [4.69, 9.17) is 26.8 Å². The third kappa shape index (κ3) is 2.20. The highest BCUT2D eigenvalue weighted by Crippen LogP contribution is 2.36. The summed E-state index contributed by atoms with van der Waals surface area (Å²) in [6.45, 7) is 2.48. The summed E-state index contributed by atoms with van der Waals surface area (Å²) in [6.07, 6.45) is 0.333. The number of hydrogen-bond donors (Lipinski definition) is 0. The lowest BCUT2D eigenvalue weighted by Gasteiger charge is -2.32. The van der Waals surface area contributed by atoms with E-state index >= 15 is 0 Å². The molecule has 0 aliphatic carbocycles. The van der Waals surface area contributed by atoms with Crippen molar-refractivity contribution >= 4 is 7.85 Å². The lowest BCUT2D eigenvalue weighted by molar-refractivity contribution is -0.122. The van der Waals surface area contributed by atoms with Crippen molar-refractivity contribution in [1.82, 2.24) is 0 Å². The van der Waals surface area contributed by atoms with Crippen LogP contribution < -0.4 is 0 Å². The predicted molar refractivity (Wildman–Crippen MR) is 57.1 cm³/mol. The highest BCUT2D eigenvalue weighted by atomic mass is 16.6. The van der Waals surface area contributed by atoms with Gasteiger partial charge in [-0.25, -0.2) is 0 Å². The largest absolute Gasteiger partial charge is 0.382 e. The van der Waals surface area contributed by atoms with Gasteiger partial charge in [0, 0.05) is 27.3 Å². The molecule has 0 spiro atoms. The zero-order valence-corrected chi connectivity index (χ0v) is 9.86. The van der Waals surface area contributed by atoms with Gasteiger partial charge in [-0.05, 0) is 6.42 Å². The summed E-state index contributed by atoms with van der Waals surface area (Å²) >= 11 is 0. The van der Waals surface area contributed by atoms with Crippen LogP contribution in [0.4, 0.5) is 0 Å². The second kappa shape index (κ2) is 5.30. The van der Waals surface area contributed by atoms with Gasteiger partial charge in [-0.1, -0.05) is 6.92 Å². The molecule has 15 heavy (non-hydrogen) atoms. The van der Waals surface area contributed by atoms with Crippen LogP contribution in [-0.2, 0) is 18.9 Å². The fourth-order valence-electron chi connectivity index (χ4n) is 2.23. The Morgan fingerprint density at radius 3 is 2.33 bits per heavy atom. The molecule has 4 atom stereocenters. The van der Waals surface area contributed by atoms with Crippen molar-refractivity contribution in [1.29, 1.82) is 0 Å². The molecule has 1 fully saturated rings. The Bertz CT molecular complexity index is 202. The van der Waals surface area contributed by atoms with Crippen LogP contribution >= 0.6 is 0 Å². The molecule has 1 rings (SSSR count). The van der Waals surface area contributed by atoms with Crippen molar-refractivity contribution in [3.63, 3.8) is 0 Å². The van der Waals surface area contributed by atoms with Gasteiger partial charge < -0.3 is 18.9 Å². The first-order chi connectivity index (χ1) is 7.15. The van der Waals surface area contributed by atoms with Crippen molar-refractivity contribution in [2.45, 2.75) is 37.2 Å². The van der Waals surface area contributed by atoms with Gasteiger partial charge in [0.2, 0.25) is 0 Å². The summed E-state index contributed by atoms with van der Waals surface area (Å²) in [4.78, 5) is 0. The van der Waals surface area contributed by atoms with Crippen LogP contribution in [0.2, 0.25) is 0 Å². The number of hydrogen-bond acceptors (Lipinski definition) is 4. The van der Waals surface area contributed by atoms with Crippen LogP contribution in [-0.4, -0.2) is 59.6 Å². The Morgan fingerprint density at radius 1 is 1.27 bits per heavy atom. The molecule has 0 unspecified atom stereocenters. The van der Waals surface area contributed by atoms with Crippen LogP contribution in [0.1, 0.15) is 13.3 Å². The van der Waals surface area contributed by atoms with Crippen LogP contribution in [0.15, 0.2) is 0 Å². The molecule has 4 nitrogen and oxygen atoms in total. The lowest BCUT2D eigenvalue weighted by Crippen LogP contribution is -2.47. The van der Waals surface area contributed by atoms with E-state index in [1.165, 1.54) is 0 Å². The molecule has 1 saturated heterocycles. The van der Waals surface area contributed by atoms with Crippen LogP contribution in [0, 0.1) is 0 Å². The first kappa shape index (κ1) is 13.0. The first-order valence-electron chi connectivity index (χ1n) is 5.13. The van der Waals surface area contributed by atoms with Crippen molar-refractivity contribution in [2.24, 2.45) is 0 Å². The third-order valence-electron chi connectivity index (χ3n) is 3.02. The zero-order valence-electron chi connectivity index (χ0n) is 9.86. The Labute approximate surface area is 92.6 Å². The number of rotatable bonds is 5. The topological polar surface area (TPSA) is 36.9 Å². The minimum absolute atomic E-state index is 0.192. The summed E-state index contributed by atoms with van der Waals surface area (Å²) in [5.74, 6) is 0. The molecule has 86 valence electrons. The molecule has 0 aromatic rings.